The number of carbonyl (C=O) groups is 1. The lowest BCUT2D eigenvalue weighted by Gasteiger charge is -2.14. The molecule has 0 saturated heterocycles. The molecule has 1 amide bonds. The number of hydrogen-bond donors (Lipinski definition) is 2. The van der Waals surface area contributed by atoms with Crippen molar-refractivity contribution >= 4 is 29.3 Å². The minimum atomic E-state index is -0.185. The molecule has 0 aliphatic heterocycles. The highest BCUT2D eigenvalue weighted by atomic mass is 35.5. The summed E-state index contributed by atoms with van der Waals surface area (Å²) < 4.78 is 0. The number of rotatable bonds is 5. The maximum atomic E-state index is 11.5. The summed E-state index contributed by atoms with van der Waals surface area (Å²) in [5.74, 6) is 4.99. The number of nitrogens with two attached hydrogens (primary N) is 1. The fourth-order valence-corrected chi connectivity index (χ4v) is 2.73. The first kappa shape index (κ1) is 13.4. The van der Waals surface area contributed by atoms with E-state index in [9.17, 15) is 4.79 Å². The summed E-state index contributed by atoms with van der Waals surface area (Å²) in [6, 6.07) is 7.48. The smallest absolute Gasteiger partial charge is 0.247 e. The standard InChI is InChI=1S/C11H15ClN2OS/c1-2-5-10(11(15)14-13)16-9-7-4-3-6-8(9)12/h3-4,6-7,10H,2,5,13H2,1H3,(H,14,15). The average Bonchev–Trinajstić information content (AvgIpc) is 2.30. The second-order valence-corrected chi connectivity index (χ2v) is 4.99. The lowest BCUT2D eigenvalue weighted by Crippen LogP contribution is -2.37. The monoisotopic (exact) mass is 258 g/mol. The number of halogens is 1. The normalized spacial score (nSPS) is 12.2. The third-order valence-corrected chi connectivity index (χ3v) is 3.88. The molecule has 3 nitrogen and oxygen atoms in total. The number of hydrazine groups is 1. The molecule has 0 spiro atoms. The van der Waals surface area contributed by atoms with Gasteiger partial charge in [0.05, 0.1) is 10.3 Å². The number of thioether (sulfide) groups is 1. The van der Waals surface area contributed by atoms with Gasteiger partial charge < -0.3 is 0 Å². The summed E-state index contributed by atoms with van der Waals surface area (Å²) in [5.41, 5.74) is 2.19. The minimum Gasteiger partial charge on any atom is -0.293 e. The van der Waals surface area contributed by atoms with Crippen molar-refractivity contribution < 1.29 is 4.79 Å². The molecular formula is C11H15ClN2OS. The second kappa shape index (κ2) is 6.78. The molecule has 5 heteroatoms. The van der Waals surface area contributed by atoms with Gasteiger partial charge in [0.1, 0.15) is 0 Å². The van der Waals surface area contributed by atoms with E-state index in [0.717, 1.165) is 17.7 Å². The molecule has 0 aromatic heterocycles. The van der Waals surface area contributed by atoms with Crippen LogP contribution < -0.4 is 11.3 Å². The Morgan fingerprint density at radius 3 is 2.81 bits per heavy atom. The van der Waals surface area contributed by atoms with Crippen molar-refractivity contribution in [2.45, 2.75) is 29.9 Å². The van der Waals surface area contributed by atoms with Crippen molar-refractivity contribution in [3.63, 3.8) is 0 Å². The van der Waals surface area contributed by atoms with Crippen LogP contribution >= 0.6 is 23.4 Å². The molecule has 3 N–H and O–H groups in total. The van der Waals surface area contributed by atoms with Crippen molar-refractivity contribution in [3.8, 4) is 0 Å². The van der Waals surface area contributed by atoms with Crippen LogP contribution in [-0.2, 0) is 4.79 Å². The summed E-state index contributed by atoms with van der Waals surface area (Å²) >= 11 is 7.48. The van der Waals surface area contributed by atoms with Gasteiger partial charge in [-0.1, -0.05) is 37.1 Å². The maximum Gasteiger partial charge on any atom is 0.247 e. The molecule has 1 atom stereocenters. The summed E-state index contributed by atoms with van der Waals surface area (Å²) in [6.45, 7) is 2.03. The van der Waals surface area contributed by atoms with Crippen molar-refractivity contribution in [2.75, 3.05) is 0 Å². The highest BCUT2D eigenvalue weighted by molar-refractivity contribution is 8.00. The van der Waals surface area contributed by atoms with E-state index < -0.39 is 0 Å². The second-order valence-electron chi connectivity index (χ2n) is 3.33. The van der Waals surface area contributed by atoms with Crippen molar-refractivity contribution in [1.82, 2.24) is 5.43 Å². The summed E-state index contributed by atoms with van der Waals surface area (Å²) in [6.07, 6.45) is 1.70. The molecule has 0 aliphatic rings. The van der Waals surface area contributed by atoms with Crippen molar-refractivity contribution in [3.05, 3.63) is 29.3 Å². The van der Waals surface area contributed by atoms with E-state index in [2.05, 4.69) is 5.43 Å². The topological polar surface area (TPSA) is 55.1 Å². The zero-order chi connectivity index (χ0) is 12.0. The lowest BCUT2D eigenvalue weighted by molar-refractivity contribution is -0.120. The first-order valence-electron chi connectivity index (χ1n) is 5.10. The van der Waals surface area contributed by atoms with Crippen LogP contribution in [0.2, 0.25) is 5.02 Å². The third kappa shape index (κ3) is 3.70. The Morgan fingerprint density at radius 1 is 1.56 bits per heavy atom. The van der Waals surface area contributed by atoms with Gasteiger partial charge in [0.25, 0.3) is 0 Å². The first-order valence-corrected chi connectivity index (χ1v) is 6.36. The third-order valence-electron chi connectivity index (χ3n) is 2.09. The van der Waals surface area contributed by atoms with Gasteiger partial charge in [0, 0.05) is 4.90 Å². The van der Waals surface area contributed by atoms with Crippen molar-refractivity contribution in [2.24, 2.45) is 5.84 Å². The molecule has 0 bridgehead atoms. The Balaban J connectivity index is 2.75. The van der Waals surface area contributed by atoms with Gasteiger partial charge in [0.2, 0.25) is 5.91 Å². The highest BCUT2D eigenvalue weighted by Crippen LogP contribution is 2.31. The van der Waals surface area contributed by atoms with Crippen LogP contribution in [0.5, 0.6) is 0 Å². The van der Waals surface area contributed by atoms with E-state index in [1.165, 1.54) is 11.8 Å². The Bertz CT molecular complexity index is 360. The summed E-state index contributed by atoms with van der Waals surface area (Å²) in [4.78, 5) is 12.4. The van der Waals surface area contributed by atoms with Gasteiger partial charge in [-0.25, -0.2) is 5.84 Å². The van der Waals surface area contributed by atoms with Gasteiger partial charge in [0.15, 0.2) is 0 Å². The van der Waals surface area contributed by atoms with Crippen LogP contribution in [0.1, 0.15) is 19.8 Å². The minimum absolute atomic E-state index is 0.160. The van der Waals surface area contributed by atoms with Crippen LogP contribution in [0.4, 0.5) is 0 Å². The summed E-state index contributed by atoms with van der Waals surface area (Å²) in [5, 5.41) is 0.480. The predicted octanol–water partition coefficient (Wildman–Crippen LogP) is 2.59. The molecule has 0 heterocycles. The molecule has 0 saturated carbocycles. The van der Waals surface area contributed by atoms with Crippen LogP contribution in [0.15, 0.2) is 29.2 Å². The number of amides is 1. The van der Waals surface area contributed by atoms with E-state index in [1.54, 1.807) is 0 Å². The van der Waals surface area contributed by atoms with E-state index in [0.29, 0.717) is 5.02 Å². The van der Waals surface area contributed by atoms with Crippen molar-refractivity contribution in [1.29, 1.82) is 0 Å². The number of benzene rings is 1. The van der Waals surface area contributed by atoms with Crippen LogP contribution in [-0.4, -0.2) is 11.2 Å². The van der Waals surface area contributed by atoms with Gasteiger partial charge in [-0.3, -0.25) is 10.2 Å². The van der Waals surface area contributed by atoms with E-state index in [-0.39, 0.29) is 11.2 Å². The molecule has 0 fully saturated rings. The Morgan fingerprint density at radius 2 is 2.25 bits per heavy atom. The summed E-state index contributed by atoms with van der Waals surface area (Å²) in [7, 11) is 0. The van der Waals surface area contributed by atoms with E-state index in [4.69, 9.17) is 17.4 Å². The molecule has 1 aromatic carbocycles. The van der Waals surface area contributed by atoms with Crippen LogP contribution in [0, 0.1) is 0 Å². The fraction of sp³-hybridized carbons (Fsp3) is 0.364. The number of carbonyl (C=O) groups excluding carboxylic acids is 1. The molecule has 0 aliphatic carbocycles. The Labute approximate surface area is 105 Å². The largest absolute Gasteiger partial charge is 0.293 e. The van der Waals surface area contributed by atoms with Gasteiger partial charge in [-0.2, -0.15) is 0 Å². The molecule has 88 valence electrons. The van der Waals surface area contributed by atoms with Gasteiger partial charge in [-0.05, 0) is 18.6 Å². The number of hydrogen-bond acceptors (Lipinski definition) is 3. The van der Waals surface area contributed by atoms with E-state index >= 15 is 0 Å². The lowest BCUT2D eigenvalue weighted by atomic mass is 10.2. The fourth-order valence-electron chi connectivity index (χ4n) is 1.29. The first-order chi connectivity index (χ1) is 7.69. The number of nitrogens with one attached hydrogen (secondary N) is 1. The van der Waals surface area contributed by atoms with Gasteiger partial charge in [-0.15, -0.1) is 11.8 Å². The molecule has 1 rings (SSSR count). The van der Waals surface area contributed by atoms with Crippen LogP contribution in [0.3, 0.4) is 0 Å². The highest BCUT2D eigenvalue weighted by Gasteiger charge is 2.18. The van der Waals surface area contributed by atoms with E-state index in [1.807, 2.05) is 31.2 Å². The van der Waals surface area contributed by atoms with Gasteiger partial charge >= 0.3 is 0 Å². The Kier molecular flexibility index (Phi) is 5.66. The molecule has 1 unspecified atom stereocenters. The van der Waals surface area contributed by atoms with Crippen LogP contribution in [0.25, 0.3) is 0 Å². The SMILES string of the molecule is CCCC(Sc1ccccc1Cl)C(=O)NN. The maximum absolute atomic E-state index is 11.5. The quantitative estimate of drug-likeness (QED) is 0.369. The molecule has 0 radical (unpaired) electrons. The molecular weight excluding hydrogens is 244 g/mol. The molecule has 16 heavy (non-hydrogen) atoms. The molecule has 1 aromatic rings. The Hall–Kier alpha value is -0.710. The average molecular weight is 259 g/mol. The zero-order valence-electron chi connectivity index (χ0n) is 9.07. The predicted molar refractivity (Wildman–Crippen MR) is 68.3 cm³/mol. The zero-order valence-corrected chi connectivity index (χ0v) is 10.6.